The van der Waals surface area contributed by atoms with Crippen LogP contribution in [0.15, 0.2) is 48.0 Å². The van der Waals surface area contributed by atoms with E-state index in [1.54, 1.807) is 17.0 Å². The van der Waals surface area contributed by atoms with Crippen LogP contribution in [0, 0.1) is 6.92 Å². The van der Waals surface area contributed by atoms with E-state index in [0.29, 0.717) is 31.0 Å². The summed E-state index contributed by atoms with van der Waals surface area (Å²) in [4.78, 5) is 29.9. The van der Waals surface area contributed by atoms with Crippen molar-refractivity contribution in [2.45, 2.75) is 46.1 Å². The number of ketones is 1. The smallest absolute Gasteiger partial charge is 0.295 e. The number of amides is 1. The Hall–Kier alpha value is -3.12. The Bertz CT molecular complexity index is 1090. The van der Waals surface area contributed by atoms with Gasteiger partial charge in [0.15, 0.2) is 0 Å². The molecular weight excluding hydrogens is 428 g/mol. The van der Waals surface area contributed by atoms with Gasteiger partial charge in [-0.25, -0.2) is 0 Å². The summed E-state index contributed by atoms with van der Waals surface area (Å²) < 4.78 is 5.55. The number of ether oxygens (including phenoxy) is 1. The van der Waals surface area contributed by atoms with E-state index in [-0.39, 0.29) is 16.7 Å². The Balaban J connectivity index is 2.14. The molecule has 1 saturated heterocycles. The van der Waals surface area contributed by atoms with Gasteiger partial charge in [0.1, 0.15) is 11.5 Å². The lowest BCUT2D eigenvalue weighted by Gasteiger charge is -2.27. The number of nitrogens with zero attached hydrogens (tertiary/aromatic N) is 2. The summed E-state index contributed by atoms with van der Waals surface area (Å²) in [5.41, 5.74) is 3.35. The number of aliphatic hydroxyl groups excluding tert-OH is 1. The molecule has 0 aromatic heterocycles. The number of carbonyl (C=O) groups excluding carboxylic acids is 2. The lowest BCUT2D eigenvalue weighted by atomic mass is 9.85. The number of likely N-dealkylation sites (N-methyl/N-ethyl adjacent to an activating group) is 1. The average Bonchev–Trinajstić information content (AvgIpc) is 3.02. The Kier molecular flexibility index (Phi) is 7.51. The van der Waals surface area contributed by atoms with Crippen LogP contribution in [0.5, 0.6) is 5.75 Å². The van der Waals surface area contributed by atoms with Crippen LogP contribution in [0.4, 0.5) is 0 Å². The SMILES string of the molecule is CCOc1ccc(C(O)=C2C(=O)C(=O)N(CCN(C)C)[C@@H]2c2ccc(C(C)(C)C)cc2)c(C)c1. The van der Waals surface area contributed by atoms with Crippen molar-refractivity contribution in [1.29, 1.82) is 0 Å². The summed E-state index contributed by atoms with van der Waals surface area (Å²) in [7, 11) is 3.85. The number of Topliss-reactive ketones (excluding diaryl/α,β-unsaturated/α-hetero) is 1. The minimum atomic E-state index is -0.658. The first-order valence-corrected chi connectivity index (χ1v) is 11.7. The molecule has 6 nitrogen and oxygen atoms in total. The molecule has 0 radical (unpaired) electrons. The number of benzene rings is 2. The third-order valence-corrected chi connectivity index (χ3v) is 6.18. The van der Waals surface area contributed by atoms with Gasteiger partial charge in [0.25, 0.3) is 11.7 Å². The number of hydrogen-bond donors (Lipinski definition) is 1. The zero-order chi connectivity index (χ0) is 25.2. The van der Waals surface area contributed by atoms with E-state index in [1.165, 1.54) is 0 Å². The molecule has 6 heteroatoms. The molecule has 1 fully saturated rings. The molecule has 2 aromatic rings. The number of hydrogen-bond acceptors (Lipinski definition) is 5. The molecule has 0 unspecified atom stereocenters. The second kappa shape index (κ2) is 10.0. The van der Waals surface area contributed by atoms with Crippen LogP contribution in [0.1, 0.15) is 56.0 Å². The van der Waals surface area contributed by atoms with Gasteiger partial charge in [-0.3, -0.25) is 9.59 Å². The van der Waals surface area contributed by atoms with E-state index in [2.05, 4.69) is 20.8 Å². The van der Waals surface area contributed by atoms with Crippen molar-refractivity contribution >= 4 is 17.4 Å². The summed E-state index contributed by atoms with van der Waals surface area (Å²) in [6.07, 6.45) is 0. The fourth-order valence-corrected chi connectivity index (χ4v) is 4.23. The van der Waals surface area contributed by atoms with Crippen molar-refractivity contribution in [2.75, 3.05) is 33.8 Å². The average molecular weight is 465 g/mol. The van der Waals surface area contributed by atoms with E-state index >= 15 is 0 Å². The molecule has 1 aliphatic heterocycles. The Morgan fingerprint density at radius 3 is 2.26 bits per heavy atom. The number of likely N-dealkylation sites (tertiary alicyclic amines) is 1. The molecule has 2 aromatic carbocycles. The van der Waals surface area contributed by atoms with Crippen molar-refractivity contribution in [1.82, 2.24) is 9.80 Å². The minimum absolute atomic E-state index is 0.0231. The summed E-state index contributed by atoms with van der Waals surface area (Å²) in [6, 6.07) is 12.7. The molecule has 34 heavy (non-hydrogen) atoms. The first kappa shape index (κ1) is 25.5. The molecule has 182 valence electrons. The van der Waals surface area contributed by atoms with Crippen molar-refractivity contribution in [3.05, 3.63) is 70.3 Å². The van der Waals surface area contributed by atoms with Crippen molar-refractivity contribution in [2.24, 2.45) is 0 Å². The van der Waals surface area contributed by atoms with Gasteiger partial charge in [0, 0.05) is 18.7 Å². The van der Waals surface area contributed by atoms with Gasteiger partial charge in [-0.05, 0) is 68.2 Å². The maximum Gasteiger partial charge on any atom is 0.295 e. The van der Waals surface area contributed by atoms with Crippen LogP contribution in [0.3, 0.4) is 0 Å². The highest BCUT2D eigenvalue weighted by Crippen LogP contribution is 2.40. The predicted octanol–water partition coefficient (Wildman–Crippen LogP) is 4.67. The number of aryl methyl sites for hydroxylation is 1. The first-order valence-electron chi connectivity index (χ1n) is 11.7. The summed E-state index contributed by atoms with van der Waals surface area (Å²) >= 11 is 0. The second-order valence-corrected chi connectivity index (χ2v) is 10.1. The van der Waals surface area contributed by atoms with Crippen molar-refractivity contribution in [3.63, 3.8) is 0 Å². The quantitative estimate of drug-likeness (QED) is 0.366. The Labute approximate surface area is 202 Å². The zero-order valence-electron chi connectivity index (χ0n) is 21.3. The molecule has 1 N–H and O–H groups in total. The fourth-order valence-electron chi connectivity index (χ4n) is 4.23. The molecule has 3 rings (SSSR count). The van der Waals surface area contributed by atoms with E-state index < -0.39 is 17.7 Å². The number of aliphatic hydroxyl groups is 1. The van der Waals surface area contributed by atoms with E-state index in [0.717, 1.165) is 16.7 Å². The molecular formula is C28H36N2O4. The molecule has 1 aliphatic rings. The van der Waals surface area contributed by atoms with Crippen LogP contribution in [0.25, 0.3) is 5.76 Å². The van der Waals surface area contributed by atoms with Crippen LogP contribution in [-0.4, -0.2) is 60.4 Å². The van der Waals surface area contributed by atoms with Crippen LogP contribution >= 0.6 is 0 Å². The summed E-state index contributed by atoms with van der Waals surface area (Å²) in [5.74, 6) is -0.709. The zero-order valence-corrected chi connectivity index (χ0v) is 21.3. The van der Waals surface area contributed by atoms with Gasteiger partial charge in [0.2, 0.25) is 0 Å². The maximum absolute atomic E-state index is 13.2. The van der Waals surface area contributed by atoms with Gasteiger partial charge in [-0.2, -0.15) is 0 Å². The fraction of sp³-hybridized carbons (Fsp3) is 0.429. The topological polar surface area (TPSA) is 70.1 Å². The number of rotatable bonds is 7. The Morgan fingerprint density at radius 2 is 1.74 bits per heavy atom. The lowest BCUT2D eigenvalue weighted by Crippen LogP contribution is -2.35. The summed E-state index contributed by atoms with van der Waals surface area (Å²) in [6.45, 7) is 11.7. The highest BCUT2D eigenvalue weighted by molar-refractivity contribution is 6.46. The third kappa shape index (κ3) is 5.17. The van der Waals surface area contributed by atoms with E-state index in [1.807, 2.05) is 63.2 Å². The molecule has 0 aliphatic carbocycles. The van der Waals surface area contributed by atoms with Gasteiger partial charge >= 0.3 is 0 Å². The molecule has 0 bridgehead atoms. The van der Waals surface area contributed by atoms with Crippen molar-refractivity contribution < 1.29 is 19.4 Å². The van der Waals surface area contributed by atoms with Crippen LogP contribution in [0.2, 0.25) is 0 Å². The van der Waals surface area contributed by atoms with Gasteiger partial charge < -0.3 is 19.6 Å². The molecule has 1 amide bonds. The lowest BCUT2D eigenvalue weighted by molar-refractivity contribution is -0.140. The Morgan fingerprint density at radius 1 is 1.09 bits per heavy atom. The molecule has 1 atom stereocenters. The standard InChI is InChI=1S/C28H36N2O4/c1-8-34-21-13-14-22(18(2)17-21)25(31)23-24(19-9-11-20(12-10-19)28(3,4)5)30(16-15-29(6)7)27(33)26(23)32/h9-14,17,24,31H,8,15-16H2,1-7H3/t24-/m1/s1. The largest absolute Gasteiger partial charge is 0.507 e. The van der Waals surface area contributed by atoms with Gasteiger partial charge in [0.05, 0.1) is 18.2 Å². The highest BCUT2D eigenvalue weighted by atomic mass is 16.5. The van der Waals surface area contributed by atoms with Crippen LogP contribution < -0.4 is 4.74 Å². The van der Waals surface area contributed by atoms with E-state index in [9.17, 15) is 14.7 Å². The van der Waals surface area contributed by atoms with E-state index in [4.69, 9.17) is 4.74 Å². The monoisotopic (exact) mass is 464 g/mol. The minimum Gasteiger partial charge on any atom is -0.507 e. The first-order chi connectivity index (χ1) is 16.0. The number of carbonyl (C=O) groups is 2. The highest BCUT2D eigenvalue weighted by Gasteiger charge is 2.46. The van der Waals surface area contributed by atoms with Crippen molar-refractivity contribution in [3.8, 4) is 5.75 Å². The summed E-state index contributed by atoms with van der Waals surface area (Å²) in [5, 5.41) is 11.3. The third-order valence-electron chi connectivity index (χ3n) is 6.18. The molecule has 0 saturated carbocycles. The van der Waals surface area contributed by atoms with Gasteiger partial charge in [-0.15, -0.1) is 0 Å². The maximum atomic E-state index is 13.2. The van der Waals surface area contributed by atoms with Gasteiger partial charge in [-0.1, -0.05) is 45.0 Å². The second-order valence-electron chi connectivity index (χ2n) is 10.1. The normalized spacial score (nSPS) is 18.1. The molecule has 0 spiro atoms. The molecule has 1 heterocycles. The predicted molar refractivity (Wildman–Crippen MR) is 135 cm³/mol. The van der Waals surface area contributed by atoms with Crippen LogP contribution in [-0.2, 0) is 15.0 Å².